The van der Waals surface area contributed by atoms with Gasteiger partial charge in [-0.3, -0.25) is 0 Å². The first-order chi connectivity index (χ1) is 67.7. The van der Waals surface area contributed by atoms with Crippen LogP contribution in [0, 0.1) is 104 Å². The monoisotopic (exact) mass is 2550 g/mol. The van der Waals surface area contributed by atoms with Gasteiger partial charge in [-0.15, -0.1) is 209 Å². The summed E-state index contributed by atoms with van der Waals surface area (Å²) in [5.74, 6) is 0. The number of hydrogen-bond acceptors (Lipinski definition) is 12. The van der Waals surface area contributed by atoms with Crippen molar-refractivity contribution in [1.29, 1.82) is 0 Å². The quantitative estimate of drug-likeness (QED) is 0.126. The van der Waals surface area contributed by atoms with E-state index in [1.807, 2.05) is 305 Å². The van der Waals surface area contributed by atoms with Gasteiger partial charge in [0.2, 0.25) is 0 Å². The zero-order valence-electron chi connectivity index (χ0n) is 78.8. The summed E-state index contributed by atoms with van der Waals surface area (Å²) in [5, 5.41) is 8.96. The van der Waals surface area contributed by atoms with Crippen molar-refractivity contribution in [3.8, 4) is 101 Å². The average Bonchev–Trinajstić information content (AvgIpc) is 1.64. The van der Waals surface area contributed by atoms with Crippen LogP contribution in [0.5, 0.6) is 0 Å². The summed E-state index contributed by atoms with van der Waals surface area (Å²) >= 11 is 0. The molecule has 0 N–H and O–H groups in total. The van der Waals surface area contributed by atoms with Gasteiger partial charge in [0.25, 0.3) is 0 Å². The number of fused-ring (bicyclic) bond motifs is 12. The molecule has 142 heavy (non-hydrogen) atoms. The molecule has 704 valence electrons. The van der Waals surface area contributed by atoms with Crippen molar-refractivity contribution in [2.75, 3.05) is 0 Å². The van der Waals surface area contributed by atoms with Crippen LogP contribution in [0.2, 0.25) is 0 Å². The van der Waals surface area contributed by atoms with Crippen LogP contribution in [0.25, 0.3) is 189 Å². The van der Waals surface area contributed by atoms with Gasteiger partial charge >= 0.3 is 0 Å². The number of nitrogens with zero attached hydrogens (tertiary/aromatic N) is 8. The van der Waals surface area contributed by atoms with E-state index in [1.165, 1.54) is 44.5 Å². The molecule has 25 rings (SSSR count). The molecular formula is C126H92Ir4N8O4-8. The van der Waals surface area contributed by atoms with Gasteiger partial charge < -0.3 is 57.5 Å². The van der Waals surface area contributed by atoms with E-state index in [0.717, 1.165) is 189 Å². The zero-order valence-corrected chi connectivity index (χ0v) is 88.4. The van der Waals surface area contributed by atoms with Crippen LogP contribution in [0.15, 0.2) is 431 Å². The summed E-state index contributed by atoms with van der Waals surface area (Å²) in [4.78, 5) is 35.1. The Morgan fingerprint density at radius 2 is 0.592 bits per heavy atom. The maximum absolute atomic E-state index is 6.05. The van der Waals surface area contributed by atoms with E-state index < -0.39 is 0 Å². The normalized spacial score (nSPS) is 10.5. The van der Waals surface area contributed by atoms with Gasteiger partial charge in [-0.2, -0.15) is 0 Å². The molecule has 12 heterocycles. The number of para-hydroxylation sites is 3. The molecule has 12 aromatic heterocycles. The van der Waals surface area contributed by atoms with E-state index in [4.69, 9.17) is 17.7 Å². The fraction of sp³-hybridized carbons (Fsp3) is 0.0635. The molecule has 0 amide bonds. The summed E-state index contributed by atoms with van der Waals surface area (Å²) < 4.78 is 24.1. The van der Waals surface area contributed by atoms with Gasteiger partial charge in [-0.25, -0.2) is 0 Å². The Labute approximate surface area is 881 Å². The van der Waals surface area contributed by atoms with Crippen molar-refractivity contribution >= 4 is 87.8 Å². The minimum absolute atomic E-state index is 0. The zero-order chi connectivity index (χ0) is 94.5. The molecule has 12 nitrogen and oxygen atoms in total. The molecule has 4 radical (unpaired) electrons. The Morgan fingerprint density at radius 1 is 0.211 bits per heavy atom. The molecule has 0 aliphatic rings. The number of aryl methyl sites for hydroxylation is 8. The largest absolute Gasteiger partial charge is 0.501 e. The second kappa shape index (κ2) is 49.6. The first-order valence-electron chi connectivity index (χ1n) is 45.4. The van der Waals surface area contributed by atoms with Crippen molar-refractivity contribution in [3.63, 3.8) is 0 Å². The third kappa shape index (κ3) is 25.2. The van der Waals surface area contributed by atoms with Crippen molar-refractivity contribution in [3.05, 3.63) is 507 Å². The summed E-state index contributed by atoms with van der Waals surface area (Å²) in [7, 11) is 0. The molecule has 16 heteroatoms. The minimum atomic E-state index is 0. The number of hydrogen-bond donors (Lipinski definition) is 0. The second-order valence-electron chi connectivity index (χ2n) is 33.1. The summed E-state index contributed by atoms with van der Waals surface area (Å²) in [6, 6.07) is 149. The van der Waals surface area contributed by atoms with Crippen LogP contribution >= 0.6 is 0 Å². The first kappa shape index (κ1) is 103. The van der Waals surface area contributed by atoms with Gasteiger partial charge in [-0.1, -0.05) is 269 Å². The number of aromatic nitrogens is 8. The predicted octanol–water partition coefficient (Wildman–Crippen LogP) is 32.1. The molecular weight excluding hydrogens is 2460 g/mol. The van der Waals surface area contributed by atoms with Gasteiger partial charge in [0.15, 0.2) is 0 Å². The number of pyridine rings is 8. The molecule has 0 saturated carbocycles. The SMILES string of the molecule is Cc1cc[c-]c(-c2ccccn2)c1.Cc1cc[c-]c(-c2ccccn2)c1.Cc1cc[c-]c(-c2ccccn2)c1.Cc1ccc(-c2[c-]ccc3c2oc2ccccc23)nc1.Cc1ccc2c(c1)oc1c(-c3ccccn3)[c-]ccc12.Cc1cccc(-c2[c-]ccc3c2oc2ccccc23)n1.Cc1cccnc1-c1[c-]cc(-c2ccccc2)cc1.Cc1ccnc(-c2[c-]ccc3c2oc2ccccc23)c1.[Ir].[Ir].[Ir].[Ir]. The average molecular weight is 2550 g/mol. The summed E-state index contributed by atoms with van der Waals surface area (Å²) in [6.07, 6.45) is 12.7. The maximum atomic E-state index is 6.05. The van der Waals surface area contributed by atoms with Crippen molar-refractivity contribution in [1.82, 2.24) is 39.9 Å². The first-order valence-corrected chi connectivity index (χ1v) is 45.4. The van der Waals surface area contributed by atoms with E-state index in [1.54, 1.807) is 24.8 Å². The van der Waals surface area contributed by atoms with E-state index in [2.05, 4.69) is 227 Å². The number of rotatable bonds is 9. The fourth-order valence-corrected chi connectivity index (χ4v) is 16.1. The Bertz CT molecular complexity index is 8090. The molecule has 0 unspecified atom stereocenters. The third-order valence-electron chi connectivity index (χ3n) is 22.9. The van der Waals surface area contributed by atoms with Crippen LogP contribution in [-0.2, 0) is 80.4 Å². The maximum Gasteiger partial charge on any atom is 0.121 e. The molecule has 0 spiro atoms. The molecule has 0 aliphatic heterocycles. The van der Waals surface area contributed by atoms with Crippen LogP contribution in [0.3, 0.4) is 0 Å². The minimum Gasteiger partial charge on any atom is -0.501 e. The van der Waals surface area contributed by atoms with E-state index in [9.17, 15) is 0 Å². The second-order valence-corrected chi connectivity index (χ2v) is 33.1. The van der Waals surface area contributed by atoms with E-state index >= 15 is 0 Å². The van der Waals surface area contributed by atoms with Crippen LogP contribution in [0.4, 0.5) is 0 Å². The molecule has 0 aliphatic carbocycles. The Kier molecular flexibility index (Phi) is 35.9. The van der Waals surface area contributed by atoms with Crippen LogP contribution in [-0.4, -0.2) is 39.9 Å². The van der Waals surface area contributed by atoms with Crippen molar-refractivity contribution in [2.45, 2.75) is 55.4 Å². The smallest absolute Gasteiger partial charge is 0.121 e. The third-order valence-corrected chi connectivity index (χ3v) is 22.9. The molecule has 0 atom stereocenters. The number of furan rings is 4. The molecule has 0 saturated heterocycles. The topological polar surface area (TPSA) is 156 Å². The molecule has 0 bridgehead atoms. The van der Waals surface area contributed by atoms with Crippen molar-refractivity contribution < 1.29 is 98.1 Å². The van der Waals surface area contributed by atoms with Crippen LogP contribution < -0.4 is 0 Å². The summed E-state index contributed by atoms with van der Waals surface area (Å²) in [5.41, 5.74) is 34.2. The number of benzene rings is 13. The van der Waals surface area contributed by atoms with E-state index in [0.29, 0.717) is 0 Å². The predicted molar refractivity (Wildman–Crippen MR) is 561 cm³/mol. The molecule has 0 fully saturated rings. The summed E-state index contributed by atoms with van der Waals surface area (Å²) in [6.45, 7) is 16.4. The van der Waals surface area contributed by atoms with Crippen LogP contribution in [0.1, 0.15) is 44.6 Å². The van der Waals surface area contributed by atoms with Gasteiger partial charge in [0, 0.05) is 151 Å². The Balaban J connectivity index is 0.000000129. The van der Waals surface area contributed by atoms with Crippen molar-refractivity contribution in [2.24, 2.45) is 0 Å². The Hall–Kier alpha value is -15.1. The standard InChI is InChI=1S/4C18H12NO.C18H14N.3C12H10N.4Ir/c1-12-6-4-10-16(19-12)15-9-5-8-14-13-7-2-3-11-17(13)20-18(14)15;1-12-8-9-13-14-5-4-6-15(16-7-2-3-10-19-16)18(14)20-17(13)11-12;1-12-9-10-19-16(11-12)15-7-4-6-14-13-5-2-3-8-17(13)20-18(14)15;1-12-9-10-16(19-11-12)15-7-4-6-14-13-5-2-3-8-17(13)20-18(14)15;1-14-6-5-13-19-18(14)17-11-9-16(10-12-17)15-7-3-2-4-8-15;3*1-10-5-4-6-11(9-10)12-7-2-3-8-13-12;;;;/h2-8,10-11H,1H3;2-5,7-11H,1H3;2*2-6,8-11H,1H3;2-11,13H,1H3;3*2-5,7-9H,1H3;;;;/q8*-1;;;;. The van der Waals surface area contributed by atoms with Gasteiger partial charge in [0.05, 0.1) is 22.3 Å². The Morgan fingerprint density at radius 3 is 1.01 bits per heavy atom. The van der Waals surface area contributed by atoms with Gasteiger partial charge in [-0.05, 0) is 158 Å². The molecule has 25 aromatic rings. The fourth-order valence-electron chi connectivity index (χ4n) is 16.1. The molecule has 13 aromatic carbocycles. The van der Waals surface area contributed by atoms with Gasteiger partial charge in [0.1, 0.15) is 22.3 Å². The van der Waals surface area contributed by atoms with E-state index in [-0.39, 0.29) is 80.4 Å².